The molecule has 1 aromatic rings. The van der Waals surface area contributed by atoms with E-state index in [2.05, 4.69) is 27.2 Å². The van der Waals surface area contributed by atoms with Crippen molar-refractivity contribution in [2.24, 2.45) is 5.92 Å². The highest BCUT2D eigenvalue weighted by molar-refractivity contribution is 5.01. The maximum Gasteiger partial charge on any atom is 0.115 e. The SMILES string of the molecule is CN1CCC(CCNCc2cncnc2)CC1. The van der Waals surface area contributed by atoms with E-state index in [4.69, 9.17) is 0 Å². The third-order valence-corrected chi connectivity index (χ3v) is 3.51. The normalized spacial score (nSPS) is 18.4. The van der Waals surface area contributed by atoms with Gasteiger partial charge in [-0.15, -0.1) is 0 Å². The zero-order chi connectivity index (χ0) is 11.9. The average Bonchev–Trinajstić information content (AvgIpc) is 2.38. The zero-order valence-corrected chi connectivity index (χ0v) is 10.6. The van der Waals surface area contributed by atoms with Gasteiger partial charge in [-0.2, -0.15) is 0 Å². The largest absolute Gasteiger partial charge is 0.313 e. The van der Waals surface area contributed by atoms with E-state index >= 15 is 0 Å². The van der Waals surface area contributed by atoms with E-state index < -0.39 is 0 Å². The molecule has 0 radical (unpaired) electrons. The zero-order valence-electron chi connectivity index (χ0n) is 10.6. The first-order chi connectivity index (χ1) is 8.34. The molecule has 94 valence electrons. The number of likely N-dealkylation sites (tertiary alicyclic amines) is 1. The molecular weight excluding hydrogens is 212 g/mol. The van der Waals surface area contributed by atoms with Gasteiger partial charge in [0.2, 0.25) is 0 Å². The summed E-state index contributed by atoms with van der Waals surface area (Å²) in [7, 11) is 2.21. The summed E-state index contributed by atoms with van der Waals surface area (Å²) in [4.78, 5) is 10.4. The van der Waals surface area contributed by atoms with Gasteiger partial charge in [-0.3, -0.25) is 0 Å². The van der Waals surface area contributed by atoms with E-state index in [1.807, 2.05) is 12.4 Å². The molecule has 1 saturated heterocycles. The predicted octanol–water partition coefficient (Wildman–Crippen LogP) is 1.30. The minimum Gasteiger partial charge on any atom is -0.313 e. The van der Waals surface area contributed by atoms with Crippen LogP contribution in [-0.2, 0) is 6.54 Å². The molecule has 1 aliphatic heterocycles. The molecule has 2 rings (SSSR count). The average molecular weight is 234 g/mol. The van der Waals surface area contributed by atoms with Crippen LogP contribution in [0.4, 0.5) is 0 Å². The molecule has 0 spiro atoms. The first-order valence-electron chi connectivity index (χ1n) is 6.48. The summed E-state index contributed by atoms with van der Waals surface area (Å²) in [6, 6.07) is 0. The Labute approximate surface area is 103 Å². The van der Waals surface area contributed by atoms with E-state index in [-0.39, 0.29) is 0 Å². The Bertz CT molecular complexity index is 306. The van der Waals surface area contributed by atoms with Gasteiger partial charge < -0.3 is 10.2 Å². The van der Waals surface area contributed by atoms with Crippen LogP contribution in [0.25, 0.3) is 0 Å². The molecule has 4 heteroatoms. The van der Waals surface area contributed by atoms with E-state index in [1.54, 1.807) is 6.33 Å². The molecule has 0 amide bonds. The van der Waals surface area contributed by atoms with Crippen LogP contribution in [0, 0.1) is 5.92 Å². The van der Waals surface area contributed by atoms with Gasteiger partial charge in [0, 0.05) is 24.5 Å². The Morgan fingerprint density at radius 2 is 2.00 bits per heavy atom. The van der Waals surface area contributed by atoms with Gasteiger partial charge in [0.05, 0.1) is 0 Å². The van der Waals surface area contributed by atoms with Gasteiger partial charge in [0.1, 0.15) is 6.33 Å². The van der Waals surface area contributed by atoms with Crippen molar-refractivity contribution in [1.82, 2.24) is 20.2 Å². The van der Waals surface area contributed by atoms with Crippen LogP contribution in [0.15, 0.2) is 18.7 Å². The van der Waals surface area contributed by atoms with Gasteiger partial charge >= 0.3 is 0 Å². The van der Waals surface area contributed by atoms with Crippen molar-refractivity contribution in [2.75, 3.05) is 26.7 Å². The van der Waals surface area contributed by atoms with Crippen LogP contribution < -0.4 is 5.32 Å². The van der Waals surface area contributed by atoms with Crippen molar-refractivity contribution >= 4 is 0 Å². The maximum atomic E-state index is 4.00. The molecule has 4 nitrogen and oxygen atoms in total. The van der Waals surface area contributed by atoms with Gasteiger partial charge in [-0.1, -0.05) is 0 Å². The van der Waals surface area contributed by atoms with Crippen molar-refractivity contribution in [3.8, 4) is 0 Å². The van der Waals surface area contributed by atoms with E-state index in [9.17, 15) is 0 Å². The molecule has 0 bridgehead atoms. The van der Waals surface area contributed by atoms with Crippen molar-refractivity contribution in [3.05, 3.63) is 24.3 Å². The van der Waals surface area contributed by atoms with Crippen molar-refractivity contribution < 1.29 is 0 Å². The standard InChI is InChI=1S/C13H22N4/c1-17-6-3-12(4-7-17)2-5-14-8-13-9-15-11-16-10-13/h9-12,14H,2-8H2,1H3. The second kappa shape index (κ2) is 6.67. The highest BCUT2D eigenvalue weighted by Crippen LogP contribution is 2.18. The van der Waals surface area contributed by atoms with Gasteiger partial charge in [-0.25, -0.2) is 9.97 Å². The number of nitrogens with zero attached hydrogens (tertiary/aromatic N) is 3. The quantitative estimate of drug-likeness (QED) is 0.780. The molecule has 0 aliphatic carbocycles. The molecular formula is C13H22N4. The Morgan fingerprint density at radius 3 is 2.71 bits per heavy atom. The minimum absolute atomic E-state index is 0.882. The summed E-state index contributed by atoms with van der Waals surface area (Å²) >= 11 is 0. The van der Waals surface area contributed by atoms with E-state index in [0.717, 1.165) is 24.6 Å². The molecule has 0 aromatic carbocycles. The lowest BCUT2D eigenvalue weighted by atomic mass is 9.94. The fourth-order valence-corrected chi connectivity index (χ4v) is 2.31. The summed E-state index contributed by atoms with van der Waals surface area (Å²) < 4.78 is 0. The second-order valence-electron chi connectivity index (χ2n) is 4.96. The lowest BCUT2D eigenvalue weighted by Gasteiger charge is -2.28. The number of hydrogen-bond donors (Lipinski definition) is 1. The Hall–Kier alpha value is -1.00. The number of aromatic nitrogens is 2. The summed E-state index contributed by atoms with van der Waals surface area (Å²) in [6.45, 7) is 4.51. The smallest absolute Gasteiger partial charge is 0.115 e. The Morgan fingerprint density at radius 1 is 1.29 bits per heavy atom. The van der Waals surface area contributed by atoms with Crippen molar-refractivity contribution in [1.29, 1.82) is 0 Å². The first kappa shape index (κ1) is 12.5. The highest BCUT2D eigenvalue weighted by Gasteiger charge is 2.15. The lowest BCUT2D eigenvalue weighted by molar-refractivity contribution is 0.211. The van der Waals surface area contributed by atoms with Crippen LogP contribution in [0.1, 0.15) is 24.8 Å². The molecule has 17 heavy (non-hydrogen) atoms. The predicted molar refractivity (Wildman–Crippen MR) is 68.6 cm³/mol. The topological polar surface area (TPSA) is 41.0 Å². The Balaban J connectivity index is 1.57. The summed E-state index contributed by atoms with van der Waals surface area (Å²) in [5, 5.41) is 3.47. The van der Waals surface area contributed by atoms with E-state index in [0.29, 0.717) is 0 Å². The molecule has 0 saturated carbocycles. The lowest BCUT2D eigenvalue weighted by Crippen LogP contribution is -2.31. The van der Waals surface area contributed by atoms with Crippen molar-refractivity contribution in [2.45, 2.75) is 25.8 Å². The molecule has 2 heterocycles. The van der Waals surface area contributed by atoms with Crippen LogP contribution in [0.2, 0.25) is 0 Å². The molecule has 0 atom stereocenters. The van der Waals surface area contributed by atoms with Gasteiger partial charge in [-0.05, 0) is 51.9 Å². The number of nitrogens with one attached hydrogen (secondary N) is 1. The Kier molecular flexibility index (Phi) is 4.88. The molecule has 1 aromatic heterocycles. The summed E-state index contributed by atoms with van der Waals surface area (Å²) in [5.41, 5.74) is 1.16. The third-order valence-electron chi connectivity index (χ3n) is 3.51. The van der Waals surface area contributed by atoms with Crippen LogP contribution in [-0.4, -0.2) is 41.5 Å². The van der Waals surface area contributed by atoms with E-state index in [1.165, 1.54) is 32.4 Å². The number of hydrogen-bond acceptors (Lipinski definition) is 4. The number of piperidine rings is 1. The van der Waals surface area contributed by atoms with Crippen LogP contribution in [0.5, 0.6) is 0 Å². The third kappa shape index (κ3) is 4.40. The fraction of sp³-hybridized carbons (Fsp3) is 0.692. The molecule has 0 unspecified atom stereocenters. The summed E-state index contributed by atoms with van der Waals surface area (Å²) in [5.74, 6) is 0.908. The van der Waals surface area contributed by atoms with Crippen LogP contribution >= 0.6 is 0 Å². The minimum atomic E-state index is 0.882. The summed E-state index contributed by atoms with van der Waals surface area (Å²) in [6.07, 6.45) is 9.31. The second-order valence-corrected chi connectivity index (χ2v) is 4.96. The van der Waals surface area contributed by atoms with Crippen LogP contribution in [0.3, 0.4) is 0 Å². The van der Waals surface area contributed by atoms with Gasteiger partial charge in [0.15, 0.2) is 0 Å². The number of rotatable bonds is 5. The molecule has 1 aliphatic rings. The fourth-order valence-electron chi connectivity index (χ4n) is 2.31. The first-order valence-corrected chi connectivity index (χ1v) is 6.48. The molecule has 1 fully saturated rings. The maximum absolute atomic E-state index is 4.00. The highest BCUT2D eigenvalue weighted by atomic mass is 15.1. The van der Waals surface area contributed by atoms with Crippen molar-refractivity contribution in [3.63, 3.8) is 0 Å². The molecule has 1 N–H and O–H groups in total. The van der Waals surface area contributed by atoms with Gasteiger partial charge in [0.25, 0.3) is 0 Å². The monoisotopic (exact) mass is 234 g/mol.